The van der Waals surface area contributed by atoms with E-state index in [4.69, 9.17) is 9.47 Å². The van der Waals surface area contributed by atoms with E-state index in [-0.39, 0.29) is 24.3 Å². The molecule has 29 heavy (non-hydrogen) atoms. The van der Waals surface area contributed by atoms with E-state index < -0.39 is 0 Å². The minimum Gasteiger partial charge on any atom is -0.493 e. The van der Waals surface area contributed by atoms with Gasteiger partial charge < -0.3 is 14.8 Å². The molecule has 0 spiro atoms. The molecule has 1 N–H and O–H groups in total. The van der Waals surface area contributed by atoms with Crippen molar-refractivity contribution >= 4 is 11.7 Å². The number of ether oxygens (including phenoxy) is 2. The van der Waals surface area contributed by atoms with E-state index in [2.05, 4.69) is 5.32 Å². The minimum absolute atomic E-state index is 0.0481. The Balaban J connectivity index is 1.33. The van der Waals surface area contributed by atoms with Gasteiger partial charge in [0, 0.05) is 23.1 Å². The summed E-state index contributed by atoms with van der Waals surface area (Å²) in [7, 11) is 0. The van der Waals surface area contributed by atoms with Gasteiger partial charge in [-0.3, -0.25) is 9.59 Å². The summed E-state index contributed by atoms with van der Waals surface area (Å²) < 4.78 is 11.2. The molecule has 1 aliphatic rings. The highest BCUT2D eigenvalue weighted by atomic mass is 16.5. The number of benzene rings is 3. The lowest BCUT2D eigenvalue weighted by molar-refractivity contribution is -0.124. The smallest absolute Gasteiger partial charge is 0.258 e. The van der Waals surface area contributed by atoms with E-state index in [1.54, 1.807) is 36.4 Å². The summed E-state index contributed by atoms with van der Waals surface area (Å²) in [4.78, 5) is 24.8. The topological polar surface area (TPSA) is 64.6 Å². The van der Waals surface area contributed by atoms with Crippen molar-refractivity contribution in [2.24, 2.45) is 0 Å². The average molecular weight is 387 g/mol. The van der Waals surface area contributed by atoms with E-state index in [1.165, 1.54) is 0 Å². The molecule has 1 amide bonds. The summed E-state index contributed by atoms with van der Waals surface area (Å²) in [5, 5.41) is 3.00. The van der Waals surface area contributed by atoms with Crippen LogP contribution in [0.1, 0.15) is 33.9 Å². The lowest BCUT2D eigenvalue weighted by Crippen LogP contribution is -2.35. The number of nitrogens with one attached hydrogen (secondary N) is 1. The molecule has 0 saturated carbocycles. The molecule has 0 radical (unpaired) electrons. The Bertz CT molecular complexity index is 999. The SMILES string of the molecule is O=C(COc1ccc(C(=O)c2ccccc2)cc1)N[C@H]1CCOc2ccccc21. The first-order valence-corrected chi connectivity index (χ1v) is 9.54. The highest BCUT2D eigenvalue weighted by Crippen LogP contribution is 2.31. The zero-order chi connectivity index (χ0) is 20.1. The van der Waals surface area contributed by atoms with Crippen LogP contribution in [0.15, 0.2) is 78.9 Å². The van der Waals surface area contributed by atoms with Crippen molar-refractivity contribution in [2.45, 2.75) is 12.5 Å². The Labute approximate surface area is 169 Å². The summed E-state index contributed by atoms with van der Waals surface area (Å²) in [6.45, 7) is 0.477. The number of carbonyl (C=O) groups is 2. The van der Waals surface area contributed by atoms with Crippen molar-refractivity contribution in [3.05, 3.63) is 95.6 Å². The molecule has 0 fully saturated rings. The van der Waals surface area contributed by atoms with Gasteiger partial charge in [0.05, 0.1) is 12.6 Å². The zero-order valence-corrected chi connectivity index (χ0v) is 15.8. The van der Waals surface area contributed by atoms with Crippen LogP contribution in [0.2, 0.25) is 0 Å². The number of amides is 1. The molecule has 1 aliphatic heterocycles. The maximum absolute atomic E-state index is 12.4. The fourth-order valence-corrected chi connectivity index (χ4v) is 3.34. The number of rotatable bonds is 6. The van der Waals surface area contributed by atoms with Crippen LogP contribution in [0.25, 0.3) is 0 Å². The van der Waals surface area contributed by atoms with Gasteiger partial charge >= 0.3 is 0 Å². The van der Waals surface area contributed by atoms with Crippen molar-refractivity contribution in [1.29, 1.82) is 0 Å². The van der Waals surface area contributed by atoms with Crippen molar-refractivity contribution in [3.8, 4) is 11.5 Å². The molecule has 3 aromatic rings. The van der Waals surface area contributed by atoms with Crippen LogP contribution in [0.4, 0.5) is 0 Å². The molecule has 0 unspecified atom stereocenters. The second-order valence-corrected chi connectivity index (χ2v) is 6.80. The predicted octanol–water partition coefficient (Wildman–Crippen LogP) is 3.94. The lowest BCUT2D eigenvalue weighted by Gasteiger charge is -2.26. The number of para-hydroxylation sites is 1. The molecule has 146 valence electrons. The Morgan fingerprint density at radius 1 is 0.897 bits per heavy atom. The average Bonchev–Trinajstić information content (AvgIpc) is 2.78. The monoisotopic (exact) mass is 387 g/mol. The maximum atomic E-state index is 12.4. The lowest BCUT2D eigenvalue weighted by atomic mass is 10.0. The van der Waals surface area contributed by atoms with Crippen LogP contribution < -0.4 is 14.8 Å². The molecule has 5 heteroatoms. The molecular weight excluding hydrogens is 366 g/mol. The second kappa shape index (κ2) is 8.61. The Morgan fingerprint density at radius 2 is 1.59 bits per heavy atom. The van der Waals surface area contributed by atoms with Crippen LogP contribution in [-0.2, 0) is 4.79 Å². The van der Waals surface area contributed by atoms with Gasteiger partial charge in [0.25, 0.3) is 5.91 Å². The summed E-state index contributed by atoms with van der Waals surface area (Å²) in [6, 6.07) is 23.6. The Kier molecular flexibility index (Phi) is 5.56. The predicted molar refractivity (Wildman–Crippen MR) is 109 cm³/mol. The quantitative estimate of drug-likeness (QED) is 0.651. The minimum atomic E-state index is -0.198. The molecule has 4 rings (SSSR count). The summed E-state index contributed by atoms with van der Waals surface area (Å²) in [6.07, 6.45) is 0.721. The van der Waals surface area contributed by atoms with Gasteiger partial charge in [0.1, 0.15) is 11.5 Å². The van der Waals surface area contributed by atoms with Gasteiger partial charge in [-0.2, -0.15) is 0 Å². The Morgan fingerprint density at radius 3 is 2.38 bits per heavy atom. The van der Waals surface area contributed by atoms with Crippen LogP contribution in [-0.4, -0.2) is 24.9 Å². The fourth-order valence-electron chi connectivity index (χ4n) is 3.34. The number of hydrogen-bond donors (Lipinski definition) is 1. The van der Waals surface area contributed by atoms with Crippen LogP contribution in [0.5, 0.6) is 11.5 Å². The number of hydrogen-bond acceptors (Lipinski definition) is 4. The first kappa shape index (κ1) is 18.7. The van der Waals surface area contributed by atoms with Gasteiger partial charge in [-0.1, -0.05) is 48.5 Å². The van der Waals surface area contributed by atoms with Crippen LogP contribution in [0.3, 0.4) is 0 Å². The van der Waals surface area contributed by atoms with E-state index in [9.17, 15) is 9.59 Å². The van der Waals surface area contributed by atoms with Gasteiger partial charge in [-0.25, -0.2) is 0 Å². The second-order valence-electron chi connectivity index (χ2n) is 6.80. The summed E-state index contributed by atoms with van der Waals surface area (Å²) in [5.41, 5.74) is 2.19. The van der Waals surface area contributed by atoms with E-state index in [1.807, 2.05) is 42.5 Å². The van der Waals surface area contributed by atoms with Crippen molar-refractivity contribution in [1.82, 2.24) is 5.32 Å². The highest BCUT2D eigenvalue weighted by Gasteiger charge is 2.22. The molecular formula is C24H21NO4. The maximum Gasteiger partial charge on any atom is 0.258 e. The van der Waals surface area contributed by atoms with Gasteiger partial charge in [-0.05, 0) is 30.3 Å². The van der Waals surface area contributed by atoms with E-state index in [0.717, 1.165) is 17.7 Å². The molecule has 0 aromatic heterocycles. The normalized spacial score (nSPS) is 15.0. The van der Waals surface area contributed by atoms with E-state index in [0.29, 0.717) is 23.5 Å². The first-order valence-electron chi connectivity index (χ1n) is 9.54. The standard InChI is InChI=1S/C24H21NO4/c26-23(25-21-14-15-28-22-9-5-4-8-20(21)22)16-29-19-12-10-18(11-13-19)24(27)17-6-2-1-3-7-17/h1-13,21H,14-16H2,(H,25,26)/t21-/m0/s1. The van der Waals surface area contributed by atoms with E-state index >= 15 is 0 Å². The molecule has 3 aromatic carbocycles. The highest BCUT2D eigenvalue weighted by molar-refractivity contribution is 6.08. The van der Waals surface area contributed by atoms with Crippen LogP contribution >= 0.6 is 0 Å². The van der Waals surface area contributed by atoms with Crippen LogP contribution in [0, 0.1) is 0 Å². The van der Waals surface area contributed by atoms with Crippen molar-refractivity contribution < 1.29 is 19.1 Å². The molecule has 1 atom stereocenters. The first-order chi connectivity index (χ1) is 14.2. The molecule has 1 heterocycles. The number of ketones is 1. The van der Waals surface area contributed by atoms with Crippen molar-refractivity contribution in [3.63, 3.8) is 0 Å². The third-order valence-electron chi connectivity index (χ3n) is 4.82. The molecule has 0 bridgehead atoms. The molecule has 0 aliphatic carbocycles. The number of carbonyl (C=O) groups excluding carboxylic acids is 2. The molecule has 0 saturated heterocycles. The fraction of sp³-hybridized carbons (Fsp3) is 0.167. The van der Waals surface area contributed by atoms with Crippen molar-refractivity contribution in [2.75, 3.05) is 13.2 Å². The third kappa shape index (κ3) is 4.46. The largest absolute Gasteiger partial charge is 0.493 e. The number of fused-ring (bicyclic) bond motifs is 1. The third-order valence-corrected chi connectivity index (χ3v) is 4.82. The molecule has 5 nitrogen and oxygen atoms in total. The summed E-state index contributed by atoms with van der Waals surface area (Å²) in [5.74, 6) is 1.10. The Hall–Kier alpha value is -3.60. The zero-order valence-electron chi connectivity index (χ0n) is 15.8. The summed E-state index contributed by atoms with van der Waals surface area (Å²) >= 11 is 0. The van der Waals surface area contributed by atoms with Gasteiger partial charge in [0.2, 0.25) is 0 Å². The van der Waals surface area contributed by atoms with Gasteiger partial charge in [0.15, 0.2) is 12.4 Å². The van der Waals surface area contributed by atoms with Gasteiger partial charge in [-0.15, -0.1) is 0 Å².